The van der Waals surface area contributed by atoms with Crippen LogP contribution in [0.15, 0.2) is 16.8 Å². The maximum absolute atomic E-state index is 5.30. The van der Waals surface area contributed by atoms with Crippen LogP contribution in [-0.2, 0) is 12.0 Å². The van der Waals surface area contributed by atoms with E-state index in [2.05, 4.69) is 35.5 Å². The third-order valence-electron chi connectivity index (χ3n) is 2.63. The quantitative estimate of drug-likeness (QED) is 0.834. The molecule has 2 heterocycles. The summed E-state index contributed by atoms with van der Waals surface area (Å²) in [6, 6.07) is 1.93. The number of aryl methyl sites for hydroxylation is 1. The van der Waals surface area contributed by atoms with Crippen LogP contribution in [0.2, 0.25) is 0 Å². The van der Waals surface area contributed by atoms with E-state index >= 15 is 0 Å². The van der Waals surface area contributed by atoms with E-state index in [9.17, 15) is 0 Å². The van der Waals surface area contributed by atoms with Gasteiger partial charge < -0.3 is 14.1 Å². The Balaban J connectivity index is 2.39. The van der Waals surface area contributed by atoms with Crippen molar-refractivity contribution in [1.82, 2.24) is 14.7 Å². The van der Waals surface area contributed by atoms with Crippen LogP contribution in [0.25, 0.3) is 0 Å². The fourth-order valence-electron chi connectivity index (χ4n) is 1.83. The molecule has 0 aromatic carbocycles. The molecule has 0 bridgehead atoms. The van der Waals surface area contributed by atoms with Crippen molar-refractivity contribution in [2.75, 3.05) is 0 Å². The van der Waals surface area contributed by atoms with Crippen molar-refractivity contribution < 1.29 is 4.52 Å². The predicted octanol–water partition coefficient (Wildman–Crippen LogP) is 3.19. The number of aromatic nitrogens is 3. The van der Waals surface area contributed by atoms with Gasteiger partial charge in [0.1, 0.15) is 11.5 Å². The summed E-state index contributed by atoms with van der Waals surface area (Å²) in [6.07, 6.45) is 1.97. The van der Waals surface area contributed by atoms with Crippen molar-refractivity contribution in [3.05, 3.63) is 34.2 Å². The highest BCUT2D eigenvalue weighted by atomic mass is 32.1. The summed E-state index contributed by atoms with van der Waals surface area (Å²) in [6.45, 7) is 9.02. The van der Waals surface area contributed by atoms with E-state index in [1.165, 1.54) is 5.69 Å². The van der Waals surface area contributed by atoms with Crippen molar-refractivity contribution in [3.8, 4) is 0 Å². The molecule has 0 aliphatic rings. The van der Waals surface area contributed by atoms with Gasteiger partial charge in [-0.05, 0) is 19.1 Å². The van der Waals surface area contributed by atoms with E-state index in [4.69, 9.17) is 16.7 Å². The molecule has 17 heavy (non-hydrogen) atoms. The summed E-state index contributed by atoms with van der Waals surface area (Å²) in [4.78, 5) is 3.09. The number of nitrogens with zero attached hydrogens (tertiary/aromatic N) is 2. The highest BCUT2D eigenvalue weighted by molar-refractivity contribution is 7.71. The normalized spacial score (nSPS) is 12.0. The summed E-state index contributed by atoms with van der Waals surface area (Å²) < 4.78 is 7.85. The molecular formula is C12H17N3OS. The van der Waals surface area contributed by atoms with E-state index in [0.717, 1.165) is 16.2 Å². The Kier molecular flexibility index (Phi) is 2.95. The number of aromatic amines is 1. The Morgan fingerprint density at radius 2 is 2.18 bits per heavy atom. The van der Waals surface area contributed by atoms with Crippen molar-refractivity contribution >= 4 is 12.2 Å². The first kappa shape index (κ1) is 12.1. The lowest BCUT2D eigenvalue weighted by atomic mass is 9.92. The van der Waals surface area contributed by atoms with E-state index in [-0.39, 0.29) is 5.41 Å². The Hall–Kier alpha value is -1.36. The third kappa shape index (κ3) is 2.49. The van der Waals surface area contributed by atoms with Crippen LogP contribution in [0.4, 0.5) is 0 Å². The van der Waals surface area contributed by atoms with Gasteiger partial charge in [0.15, 0.2) is 4.77 Å². The number of hydrogen-bond acceptors (Lipinski definition) is 3. The minimum absolute atomic E-state index is 0.0480. The third-order valence-corrected chi connectivity index (χ3v) is 2.97. The van der Waals surface area contributed by atoms with Crippen LogP contribution in [0.1, 0.15) is 37.9 Å². The second-order valence-electron chi connectivity index (χ2n) is 5.24. The lowest BCUT2D eigenvalue weighted by Gasteiger charge is -2.20. The molecule has 0 aliphatic carbocycles. The molecule has 92 valence electrons. The standard InChI is InChI=1S/C12H17N3OS/c1-8-5-9(14-16-8)7-15-10(12(2,3)4)6-13-11(15)17/h5-6H,7H2,1-4H3,(H,13,17). The number of nitrogens with one attached hydrogen (secondary N) is 1. The SMILES string of the molecule is Cc1cc(Cn2c(C(C)(C)C)c[nH]c2=S)no1. The molecule has 0 spiro atoms. The number of imidazole rings is 1. The molecule has 0 amide bonds. The van der Waals surface area contributed by atoms with Gasteiger partial charge in [-0.1, -0.05) is 25.9 Å². The van der Waals surface area contributed by atoms with Gasteiger partial charge in [-0.3, -0.25) is 0 Å². The van der Waals surface area contributed by atoms with Gasteiger partial charge in [0, 0.05) is 23.4 Å². The van der Waals surface area contributed by atoms with Crippen molar-refractivity contribution in [3.63, 3.8) is 0 Å². The predicted molar refractivity (Wildman–Crippen MR) is 68.7 cm³/mol. The van der Waals surface area contributed by atoms with Crippen LogP contribution in [0.5, 0.6) is 0 Å². The Bertz CT molecular complexity index is 571. The van der Waals surface area contributed by atoms with Gasteiger partial charge in [0.2, 0.25) is 0 Å². The largest absolute Gasteiger partial charge is 0.361 e. The van der Waals surface area contributed by atoms with Crippen LogP contribution in [-0.4, -0.2) is 14.7 Å². The average molecular weight is 251 g/mol. The van der Waals surface area contributed by atoms with Gasteiger partial charge in [0.05, 0.1) is 6.54 Å². The van der Waals surface area contributed by atoms with Gasteiger partial charge in [-0.2, -0.15) is 0 Å². The monoisotopic (exact) mass is 251 g/mol. The summed E-state index contributed by atoms with van der Waals surface area (Å²) in [7, 11) is 0. The molecule has 4 nitrogen and oxygen atoms in total. The fourth-order valence-corrected chi connectivity index (χ4v) is 2.05. The Morgan fingerprint density at radius 3 is 2.71 bits per heavy atom. The molecule has 2 aromatic heterocycles. The molecular weight excluding hydrogens is 234 g/mol. The summed E-state index contributed by atoms with van der Waals surface area (Å²) >= 11 is 5.30. The first-order valence-electron chi connectivity index (χ1n) is 5.59. The van der Waals surface area contributed by atoms with Crippen LogP contribution in [0, 0.1) is 11.7 Å². The van der Waals surface area contributed by atoms with Gasteiger partial charge in [0.25, 0.3) is 0 Å². The van der Waals surface area contributed by atoms with Crippen LogP contribution >= 0.6 is 12.2 Å². The zero-order valence-electron chi connectivity index (χ0n) is 10.6. The summed E-state index contributed by atoms with van der Waals surface area (Å²) in [5.74, 6) is 0.819. The Labute approximate surface area is 106 Å². The molecule has 0 fully saturated rings. The van der Waals surface area contributed by atoms with Crippen molar-refractivity contribution in [2.45, 2.75) is 39.7 Å². The van der Waals surface area contributed by atoms with Crippen LogP contribution in [0.3, 0.4) is 0 Å². The minimum Gasteiger partial charge on any atom is -0.361 e. The van der Waals surface area contributed by atoms with E-state index < -0.39 is 0 Å². The average Bonchev–Trinajstić information content (AvgIpc) is 2.74. The molecule has 2 rings (SSSR count). The second-order valence-corrected chi connectivity index (χ2v) is 5.63. The lowest BCUT2D eigenvalue weighted by molar-refractivity contribution is 0.387. The van der Waals surface area contributed by atoms with Crippen molar-refractivity contribution in [2.24, 2.45) is 0 Å². The fraction of sp³-hybridized carbons (Fsp3) is 0.500. The smallest absolute Gasteiger partial charge is 0.177 e. The van der Waals surface area contributed by atoms with Crippen molar-refractivity contribution in [1.29, 1.82) is 0 Å². The zero-order valence-corrected chi connectivity index (χ0v) is 11.4. The number of hydrogen-bond donors (Lipinski definition) is 1. The van der Waals surface area contributed by atoms with Crippen LogP contribution < -0.4 is 0 Å². The minimum atomic E-state index is 0.0480. The van der Waals surface area contributed by atoms with E-state index in [0.29, 0.717) is 6.54 Å². The molecule has 0 radical (unpaired) electrons. The van der Waals surface area contributed by atoms with Gasteiger partial charge in [-0.15, -0.1) is 0 Å². The topological polar surface area (TPSA) is 46.8 Å². The molecule has 5 heteroatoms. The first-order valence-corrected chi connectivity index (χ1v) is 5.99. The second kappa shape index (κ2) is 4.14. The van der Waals surface area contributed by atoms with E-state index in [1.54, 1.807) is 0 Å². The first-order chi connectivity index (χ1) is 7.88. The highest BCUT2D eigenvalue weighted by Crippen LogP contribution is 2.23. The molecule has 0 saturated heterocycles. The molecule has 0 saturated carbocycles. The maximum atomic E-state index is 5.30. The van der Waals surface area contributed by atoms with Gasteiger partial charge in [-0.25, -0.2) is 0 Å². The molecule has 2 aromatic rings. The number of H-pyrrole nitrogens is 1. The van der Waals surface area contributed by atoms with Gasteiger partial charge >= 0.3 is 0 Å². The molecule has 0 aliphatic heterocycles. The number of rotatable bonds is 2. The Morgan fingerprint density at radius 1 is 1.47 bits per heavy atom. The molecule has 0 atom stereocenters. The van der Waals surface area contributed by atoms with E-state index in [1.807, 2.05) is 19.2 Å². The lowest BCUT2D eigenvalue weighted by Crippen LogP contribution is -2.18. The maximum Gasteiger partial charge on any atom is 0.177 e. The molecule has 0 unspecified atom stereocenters. The molecule has 1 N–H and O–H groups in total. The zero-order chi connectivity index (χ0) is 12.6. The summed E-state index contributed by atoms with van der Waals surface area (Å²) in [5.41, 5.74) is 2.11. The summed E-state index contributed by atoms with van der Waals surface area (Å²) in [5, 5.41) is 4.00. The highest BCUT2D eigenvalue weighted by Gasteiger charge is 2.19.